The maximum Gasteiger partial charge on any atom is 0.204 e. The maximum atomic E-state index is 13.2. The van der Waals surface area contributed by atoms with Gasteiger partial charge in [0.1, 0.15) is 5.82 Å². The van der Waals surface area contributed by atoms with Gasteiger partial charge in [-0.05, 0) is 6.92 Å². The number of hydrogen-bond acceptors (Lipinski definition) is 2. The van der Waals surface area contributed by atoms with E-state index in [4.69, 9.17) is 0 Å². The average molecular weight is 227 g/mol. The number of nitrogens with one attached hydrogen (secondary N) is 2. The molecule has 0 amide bonds. The number of aromatic nitrogens is 2. The molecule has 0 bridgehead atoms. The van der Waals surface area contributed by atoms with Gasteiger partial charge in [0.25, 0.3) is 0 Å². The van der Waals surface area contributed by atoms with E-state index in [1.807, 2.05) is 0 Å². The number of hydrogen-bond donors (Lipinski definition) is 2. The van der Waals surface area contributed by atoms with Crippen LogP contribution in [-0.2, 0) is 0 Å². The predicted molar refractivity (Wildman–Crippen MR) is 52.9 cm³/mol. The number of anilines is 2. The summed E-state index contributed by atoms with van der Waals surface area (Å²) in [6.45, 7) is 1.75. The Morgan fingerprint density at radius 2 is 2.00 bits per heavy atom. The quantitative estimate of drug-likeness (QED) is 0.774. The van der Waals surface area contributed by atoms with Crippen LogP contribution in [0.4, 0.5) is 24.8 Å². The Bertz CT molecular complexity index is 522. The van der Waals surface area contributed by atoms with Gasteiger partial charge in [-0.25, -0.2) is 18.2 Å². The summed E-state index contributed by atoms with van der Waals surface area (Å²) in [6, 6.07) is 1.34. The lowest BCUT2D eigenvalue weighted by Gasteiger charge is -2.05. The molecule has 84 valence electrons. The second-order valence-electron chi connectivity index (χ2n) is 3.29. The molecule has 2 N–H and O–H groups in total. The predicted octanol–water partition coefficient (Wildman–Crippen LogP) is 2.88. The van der Waals surface area contributed by atoms with E-state index in [0.717, 1.165) is 11.8 Å². The third-order valence-electron chi connectivity index (χ3n) is 1.95. The van der Waals surface area contributed by atoms with Crippen molar-refractivity contribution in [2.75, 3.05) is 5.32 Å². The maximum absolute atomic E-state index is 13.2. The molecule has 0 radical (unpaired) electrons. The van der Waals surface area contributed by atoms with Gasteiger partial charge in [0, 0.05) is 24.0 Å². The Labute approximate surface area is 89.3 Å². The van der Waals surface area contributed by atoms with Crippen molar-refractivity contribution in [1.29, 1.82) is 0 Å². The van der Waals surface area contributed by atoms with Crippen molar-refractivity contribution in [3.63, 3.8) is 0 Å². The highest BCUT2D eigenvalue weighted by atomic mass is 19.2. The van der Waals surface area contributed by atoms with Gasteiger partial charge in [0.2, 0.25) is 5.95 Å². The van der Waals surface area contributed by atoms with Gasteiger partial charge < -0.3 is 10.3 Å². The van der Waals surface area contributed by atoms with Crippen LogP contribution >= 0.6 is 0 Å². The summed E-state index contributed by atoms with van der Waals surface area (Å²) in [5.74, 6) is -3.02. The Hall–Kier alpha value is -1.98. The summed E-state index contributed by atoms with van der Waals surface area (Å²) in [7, 11) is 0. The molecule has 0 saturated carbocycles. The second-order valence-corrected chi connectivity index (χ2v) is 3.29. The molecule has 0 aliphatic heterocycles. The minimum Gasteiger partial charge on any atom is -0.328 e. The van der Waals surface area contributed by atoms with E-state index in [1.165, 1.54) is 6.20 Å². The highest BCUT2D eigenvalue weighted by Gasteiger charge is 2.11. The van der Waals surface area contributed by atoms with Crippen LogP contribution in [0.2, 0.25) is 0 Å². The monoisotopic (exact) mass is 227 g/mol. The van der Waals surface area contributed by atoms with Gasteiger partial charge in [-0.15, -0.1) is 0 Å². The lowest BCUT2D eigenvalue weighted by atomic mass is 10.3. The molecule has 0 fully saturated rings. The first-order valence-corrected chi connectivity index (χ1v) is 4.49. The van der Waals surface area contributed by atoms with Crippen molar-refractivity contribution >= 4 is 11.6 Å². The van der Waals surface area contributed by atoms with Crippen molar-refractivity contribution in [1.82, 2.24) is 9.97 Å². The Balaban J connectivity index is 2.34. The number of H-pyrrole nitrogens is 1. The zero-order chi connectivity index (χ0) is 11.7. The van der Waals surface area contributed by atoms with Crippen LogP contribution in [0.25, 0.3) is 0 Å². The zero-order valence-electron chi connectivity index (χ0n) is 8.31. The topological polar surface area (TPSA) is 40.7 Å². The fourth-order valence-corrected chi connectivity index (χ4v) is 1.25. The van der Waals surface area contributed by atoms with Crippen LogP contribution in [0.1, 0.15) is 5.69 Å². The summed E-state index contributed by atoms with van der Waals surface area (Å²) < 4.78 is 38.9. The molecule has 0 aliphatic rings. The fraction of sp³-hybridized carbons (Fsp3) is 0.100. The number of aromatic amines is 1. The first-order chi connectivity index (χ1) is 7.56. The molecule has 0 aliphatic carbocycles. The highest BCUT2D eigenvalue weighted by molar-refractivity contribution is 5.54. The van der Waals surface area contributed by atoms with E-state index < -0.39 is 17.5 Å². The van der Waals surface area contributed by atoms with E-state index >= 15 is 0 Å². The van der Waals surface area contributed by atoms with Gasteiger partial charge in [-0.1, -0.05) is 0 Å². The number of halogens is 3. The number of rotatable bonds is 2. The molecule has 0 atom stereocenters. The lowest BCUT2D eigenvalue weighted by Crippen LogP contribution is -1.99. The molecule has 1 aromatic carbocycles. The minimum atomic E-state index is -1.24. The number of aryl methyl sites for hydroxylation is 1. The van der Waals surface area contributed by atoms with E-state index in [-0.39, 0.29) is 11.6 Å². The van der Waals surface area contributed by atoms with Crippen LogP contribution in [-0.4, -0.2) is 9.97 Å². The smallest absolute Gasteiger partial charge is 0.204 e. The molecule has 1 heterocycles. The normalized spacial score (nSPS) is 10.5. The van der Waals surface area contributed by atoms with E-state index in [9.17, 15) is 13.2 Å². The summed E-state index contributed by atoms with van der Waals surface area (Å²) >= 11 is 0. The number of nitrogens with zero attached hydrogens (tertiary/aromatic N) is 1. The third kappa shape index (κ3) is 2.00. The SMILES string of the molecule is Cc1cnc(Nc2cc(F)cc(F)c2F)[nH]1. The van der Waals surface area contributed by atoms with Crippen LogP contribution in [0, 0.1) is 24.4 Å². The van der Waals surface area contributed by atoms with Crippen molar-refractivity contribution in [2.45, 2.75) is 6.92 Å². The lowest BCUT2D eigenvalue weighted by molar-refractivity contribution is 0.498. The summed E-state index contributed by atoms with van der Waals surface area (Å²) in [4.78, 5) is 6.59. The second kappa shape index (κ2) is 3.88. The Morgan fingerprint density at radius 3 is 2.62 bits per heavy atom. The van der Waals surface area contributed by atoms with Gasteiger partial charge in [0.05, 0.1) is 5.69 Å². The van der Waals surface area contributed by atoms with Gasteiger partial charge in [-0.2, -0.15) is 0 Å². The van der Waals surface area contributed by atoms with Crippen molar-refractivity contribution < 1.29 is 13.2 Å². The fourth-order valence-electron chi connectivity index (χ4n) is 1.25. The molecule has 16 heavy (non-hydrogen) atoms. The van der Waals surface area contributed by atoms with Crippen LogP contribution in [0.5, 0.6) is 0 Å². The average Bonchev–Trinajstić information content (AvgIpc) is 2.60. The van der Waals surface area contributed by atoms with E-state index in [0.29, 0.717) is 6.07 Å². The van der Waals surface area contributed by atoms with Crippen LogP contribution < -0.4 is 5.32 Å². The molecule has 0 saturated heterocycles. The summed E-state index contributed by atoms with van der Waals surface area (Å²) in [5, 5.41) is 2.45. The summed E-state index contributed by atoms with van der Waals surface area (Å²) in [5.41, 5.74) is 0.451. The molecule has 6 heteroatoms. The molecular formula is C10H8F3N3. The first-order valence-electron chi connectivity index (χ1n) is 4.49. The van der Waals surface area contributed by atoms with Gasteiger partial charge >= 0.3 is 0 Å². The molecule has 0 unspecified atom stereocenters. The largest absolute Gasteiger partial charge is 0.328 e. The van der Waals surface area contributed by atoms with Crippen molar-refractivity contribution in [2.24, 2.45) is 0 Å². The molecule has 3 nitrogen and oxygen atoms in total. The van der Waals surface area contributed by atoms with Gasteiger partial charge in [0.15, 0.2) is 11.6 Å². The molecular weight excluding hydrogens is 219 g/mol. The Kier molecular flexibility index (Phi) is 2.55. The first kappa shape index (κ1) is 10.5. The zero-order valence-corrected chi connectivity index (χ0v) is 8.31. The number of imidazole rings is 1. The van der Waals surface area contributed by atoms with Crippen LogP contribution in [0.3, 0.4) is 0 Å². The van der Waals surface area contributed by atoms with Crippen LogP contribution in [0.15, 0.2) is 18.3 Å². The molecule has 2 aromatic rings. The Morgan fingerprint density at radius 1 is 1.25 bits per heavy atom. The van der Waals surface area contributed by atoms with E-state index in [2.05, 4.69) is 15.3 Å². The molecule has 2 rings (SSSR count). The minimum absolute atomic E-state index is 0.224. The van der Waals surface area contributed by atoms with Gasteiger partial charge in [-0.3, -0.25) is 0 Å². The standard InChI is InChI=1S/C10H8F3N3/c1-5-4-14-10(15-5)16-8-3-6(11)2-7(12)9(8)13/h2-4H,1H3,(H2,14,15,16). The highest BCUT2D eigenvalue weighted by Crippen LogP contribution is 2.21. The number of benzene rings is 1. The van der Waals surface area contributed by atoms with Crippen molar-refractivity contribution in [3.05, 3.63) is 41.5 Å². The third-order valence-corrected chi connectivity index (χ3v) is 1.95. The van der Waals surface area contributed by atoms with E-state index in [1.54, 1.807) is 6.92 Å². The van der Waals surface area contributed by atoms with Crippen molar-refractivity contribution in [3.8, 4) is 0 Å². The summed E-state index contributed by atoms with van der Waals surface area (Å²) in [6.07, 6.45) is 1.51. The molecule has 1 aromatic heterocycles. The molecule has 0 spiro atoms.